The van der Waals surface area contributed by atoms with E-state index in [1.807, 2.05) is 0 Å². The molecule has 0 saturated carbocycles. The molecule has 2 aromatic rings. The van der Waals surface area contributed by atoms with Gasteiger partial charge in [-0.05, 0) is 31.4 Å². The first-order chi connectivity index (χ1) is 10.7. The zero-order valence-electron chi connectivity index (χ0n) is 11.9. The fourth-order valence-electron chi connectivity index (χ4n) is 2.33. The molecule has 3 rings (SSSR count). The molecule has 8 nitrogen and oxygen atoms in total. The third kappa shape index (κ3) is 3.11. The van der Waals surface area contributed by atoms with E-state index in [9.17, 15) is 9.59 Å². The van der Waals surface area contributed by atoms with Gasteiger partial charge in [-0.25, -0.2) is 14.6 Å². The van der Waals surface area contributed by atoms with Gasteiger partial charge in [0.15, 0.2) is 5.82 Å². The highest BCUT2D eigenvalue weighted by molar-refractivity contribution is 5.97. The number of hydrogen-bond donors (Lipinski definition) is 2. The number of carbonyl (C=O) groups is 2. The van der Waals surface area contributed by atoms with Crippen molar-refractivity contribution in [3.05, 3.63) is 36.5 Å². The Hall–Kier alpha value is -2.77. The Morgan fingerprint density at radius 3 is 3.14 bits per heavy atom. The second kappa shape index (κ2) is 6.33. The van der Waals surface area contributed by atoms with Gasteiger partial charge in [0.25, 0.3) is 5.91 Å². The highest BCUT2D eigenvalue weighted by atomic mass is 16.2. The zero-order chi connectivity index (χ0) is 15.4. The molecule has 1 aliphatic rings. The normalized spacial score (nSPS) is 18.4. The van der Waals surface area contributed by atoms with Crippen molar-refractivity contribution < 1.29 is 9.59 Å². The molecule has 8 heteroatoms. The molecule has 0 aliphatic carbocycles. The Labute approximate surface area is 127 Å². The smallest absolute Gasteiger partial charge is 0.252 e. The molecule has 0 aromatic carbocycles. The lowest BCUT2D eigenvalue weighted by molar-refractivity contribution is -0.122. The van der Waals surface area contributed by atoms with Crippen molar-refractivity contribution in [1.29, 1.82) is 0 Å². The second-order valence-electron chi connectivity index (χ2n) is 5.06. The van der Waals surface area contributed by atoms with Crippen molar-refractivity contribution in [2.45, 2.75) is 25.3 Å². The Balaban J connectivity index is 1.74. The molecule has 0 bridgehead atoms. The van der Waals surface area contributed by atoms with Crippen LogP contribution in [0.4, 0.5) is 0 Å². The Kier molecular flexibility index (Phi) is 4.08. The van der Waals surface area contributed by atoms with E-state index < -0.39 is 6.04 Å². The van der Waals surface area contributed by atoms with Crippen molar-refractivity contribution in [2.75, 3.05) is 6.54 Å². The van der Waals surface area contributed by atoms with E-state index in [2.05, 4.69) is 25.7 Å². The number of rotatable bonds is 3. The second-order valence-corrected chi connectivity index (χ2v) is 5.06. The fraction of sp³-hybridized carbons (Fsp3) is 0.357. The summed E-state index contributed by atoms with van der Waals surface area (Å²) in [6.07, 6.45) is 6.92. The van der Waals surface area contributed by atoms with Crippen LogP contribution >= 0.6 is 0 Å². The van der Waals surface area contributed by atoms with Crippen LogP contribution in [0.3, 0.4) is 0 Å². The lowest BCUT2D eigenvalue weighted by Gasteiger charge is -2.15. The van der Waals surface area contributed by atoms with E-state index in [0.29, 0.717) is 24.3 Å². The van der Waals surface area contributed by atoms with E-state index in [1.165, 1.54) is 23.5 Å². The van der Waals surface area contributed by atoms with Crippen LogP contribution in [-0.2, 0) is 4.79 Å². The van der Waals surface area contributed by atoms with E-state index in [-0.39, 0.29) is 11.8 Å². The van der Waals surface area contributed by atoms with Crippen LogP contribution in [0.5, 0.6) is 0 Å². The molecule has 1 atom stereocenters. The van der Waals surface area contributed by atoms with Crippen molar-refractivity contribution in [2.24, 2.45) is 0 Å². The van der Waals surface area contributed by atoms with Gasteiger partial charge in [-0.1, -0.05) is 0 Å². The first-order valence-corrected chi connectivity index (χ1v) is 7.13. The number of nitrogens with zero attached hydrogens (tertiary/aromatic N) is 4. The maximum absolute atomic E-state index is 12.3. The molecule has 0 radical (unpaired) electrons. The van der Waals surface area contributed by atoms with Gasteiger partial charge in [-0.15, -0.1) is 0 Å². The highest BCUT2D eigenvalue weighted by Crippen LogP contribution is 2.09. The summed E-state index contributed by atoms with van der Waals surface area (Å²) in [4.78, 5) is 32.2. The Bertz CT molecular complexity index is 670. The van der Waals surface area contributed by atoms with Crippen LogP contribution < -0.4 is 10.6 Å². The minimum atomic E-state index is -0.488. The molecule has 2 amide bonds. The topological polar surface area (TPSA) is 102 Å². The molecule has 114 valence electrons. The van der Waals surface area contributed by atoms with Gasteiger partial charge in [0.2, 0.25) is 5.91 Å². The monoisotopic (exact) mass is 300 g/mol. The molecule has 1 saturated heterocycles. The van der Waals surface area contributed by atoms with Crippen molar-refractivity contribution in [1.82, 2.24) is 30.4 Å². The molecule has 2 N–H and O–H groups in total. The van der Waals surface area contributed by atoms with Gasteiger partial charge in [0, 0.05) is 18.3 Å². The summed E-state index contributed by atoms with van der Waals surface area (Å²) >= 11 is 0. The van der Waals surface area contributed by atoms with Crippen LogP contribution in [0, 0.1) is 0 Å². The SMILES string of the molecule is O=C(NC1CCCCNC1=O)c1ccnc(-n2cncn2)c1. The Morgan fingerprint density at radius 2 is 2.32 bits per heavy atom. The van der Waals surface area contributed by atoms with Gasteiger partial charge in [-0.2, -0.15) is 5.10 Å². The summed E-state index contributed by atoms with van der Waals surface area (Å²) in [6.45, 7) is 0.664. The van der Waals surface area contributed by atoms with Crippen LogP contribution in [0.25, 0.3) is 5.82 Å². The summed E-state index contributed by atoms with van der Waals surface area (Å²) in [5, 5.41) is 9.54. The number of hydrogen-bond acceptors (Lipinski definition) is 5. The lowest BCUT2D eigenvalue weighted by atomic mass is 10.1. The quantitative estimate of drug-likeness (QED) is 0.834. The summed E-state index contributed by atoms with van der Waals surface area (Å²) < 4.78 is 1.47. The van der Waals surface area contributed by atoms with E-state index in [4.69, 9.17) is 0 Å². The van der Waals surface area contributed by atoms with Crippen molar-refractivity contribution in [3.8, 4) is 5.82 Å². The molecule has 0 spiro atoms. The molecule has 1 unspecified atom stereocenters. The molecule has 1 fully saturated rings. The first-order valence-electron chi connectivity index (χ1n) is 7.13. The summed E-state index contributed by atoms with van der Waals surface area (Å²) in [5.41, 5.74) is 0.428. The van der Waals surface area contributed by atoms with Crippen molar-refractivity contribution in [3.63, 3.8) is 0 Å². The van der Waals surface area contributed by atoms with Gasteiger partial charge >= 0.3 is 0 Å². The molecule has 2 aromatic heterocycles. The van der Waals surface area contributed by atoms with E-state index in [0.717, 1.165) is 12.8 Å². The minimum Gasteiger partial charge on any atom is -0.354 e. The van der Waals surface area contributed by atoms with Crippen molar-refractivity contribution >= 4 is 11.8 Å². The van der Waals surface area contributed by atoms with Gasteiger partial charge in [-0.3, -0.25) is 9.59 Å². The standard InChI is InChI=1S/C14H16N6O2/c21-13(19-11-3-1-2-5-17-14(11)22)10-4-6-16-12(7-10)20-9-15-8-18-20/h4,6-9,11H,1-3,5H2,(H,17,22)(H,19,21). The predicted octanol–water partition coefficient (Wildman–Crippen LogP) is 0.0608. The summed E-state index contributed by atoms with van der Waals surface area (Å²) in [6, 6.07) is 2.72. The summed E-state index contributed by atoms with van der Waals surface area (Å²) in [7, 11) is 0. The highest BCUT2D eigenvalue weighted by Gasteiger charge is 2.23. The minimum absolute atomic E-state index is 0.128. The Morgan fingerprint density at radius 1 is 1.41 bits per heavy atom. The molecular formula is C14H16N6O2. The van der Waals surface area contributed by atoms with Gasteiger partial charge in [0.1, 0.15) is 18.7 Å². The number of pyridine rings is 1. The van der Waals surface area contributed by atoms with Crippen LogP contribution in [0.15, 0.2) is 31.0 Å². The van der Waals surface area contributed by atoms with Crippen LogP contribution in [0.1, 0.15) is 29.6 Å². The summed E-state index contributed by atoms with van der Waals surface area (Å²) in [5.74, 6) is 0.0673. The number of aromatic nitrogens is 4. The molecule has 3 heterocycles. The number of carbonyl (C=O) groups excluding carboxylic acids is 2. The average molecular weight is 300 g/mol. The zero-order valence-corrected chi connectivity index (χ0v) is 11.9. The van der Waals surface area contributed by atoms with Gasteiger partial charge in [0.05, 0.1) is 0 Å². The third-order valence-corrected chi connectivity index (χ3v) is 3.50. The van der Waals surface area contributed by atoms with Gasteiger partial charge < -0.3 is 10.6 Å². The predicted molar refractivity (Wildman–Crippen MR) is 77.3 cm³/mol. The number of amides is 2. The maximum atomic E-state index is 12.3. The molecule has 22 heavy (non-hydrogen) atoms. The third-order valence-electron chi connectivity index (χ3n) is 3.50. The fourth-order valence-corrected chi connectivity index (χ4v) is 2.33. The maximum Gasteiger partial charge on any atom is 0.252 e. The lowest BCUT2D eigenvalue weighted by Crippen LogP contribution is -2.45. The van der Waals surface area contributed by atoms with Crippen LogP contribution in [0.2, 0.25) is 0 Å². The molecule has 1 aliphatic heterocycles. The number of nitrogens with one attached hydrogen (secondary N) is 2. The largest absolute Gasteiger partial charge is 0.354 e. The van der Waals surface area contributed by atoms with E-state index >= 15 is 0 Å². The average Bonchev–Trinajstić information content (AvgIpc) is 3.00. The van der Waals surface area contributed by atoms with Crippen LogP contribution in [-0.4, -0.2) is 44.1 Å². The molecular weight excluding hydrogens is 284 g/mol. The van der Waals surface area contributed by atoms with E-state index in [1.54, 1.807) is 12.1 Å². The first kappa shape index (κ1) is 14.2.